The second-order valence-corrected chi connectivity index (χ2v) is 11.9. The summed E-state index contributed by atoms with van der Waals surface area (Å²) in [6, 6.07) is 21.1. The highest BCUT2D eigenvalue weighted by Crippen LogP contribution is 2.32. The number of aromatic nitrogens is 4. The molecule has 1 saturated heterocycles. The molecule has 3 heterocycles. The van der Waals surface area contributed by atoms with Gasteiger partial charge in [-0.3, -0.25) is 4.79 Å². The summed E-state index contributed by atoms with van der Waals surface area (Å²) >= 11 is 7.69. The van der Waals surface area contributed by atoms with Gasteiger partial charge in [0.2, 0.25) is 11.1 Å². The lowest BCUT2D eigenvalue weighted by Crippen LogP contribution is -2.48. The number of nitrogens with zero attached hydrogens (tertiary/aromatic N) is 6. The van der Waals surface area contributed by atoms with E-state index in [0.717, 1.165) is 33.7 Å². The molecule has 0 atom stereocenters. The van der Waals surface area contributed by atoms with Crippen LogP contribution in [0.2, 0.25) is 5.02 Å². The first-order valence-electron chi connectivity index (χ1n) is 14.0. The van der Waals surface area contributed by atoms with E-state index in [-0.39, 0.29) is 5.91 Å². The van der Waals surface area contributed by atoms with E-state index in [1.807, 2.05) is 53.4 Å². The highest BCUT2D eigenvalue weighted by Gasteiger charge is 2.31. The second kappa shape index (κ2) is 12.4. The van der Waals surface area contributed by atoms with E-state index in [9.17, 15) is 18.0 Å². The predicted octanol–water partition coefficient (Wildman–Crippen LogP) is 6.92. The number of carbonyl (C=O) groups is 1. The van der Waals surface area contributed by atoms with Gasteiger partial charge in [-0.15, -0.1) is 10.2 Å². The Bertz CT molecular complexity index is 1770. The molecule has 1 fully saturated rings. The molecule has 0 saturated carbocycles. The summed E-state index contributed by atoms with van der Waals surface area (Å²) in [5.41, 5.74) is 3.41. The summed E-state index contributed by atoms with van der Waals surface area (Å²) in [5.74, 6) is 0.693. The normalized spacial score (nSPS) is 14.1. The highest BCUT2D eigenvalue weighted by atomic mass is 35.5. The number of anilines is 1. The van der Waals surface area contributed by atoms with E-state index in [1.165, 1.54) is 23.9 Å². The number of thioether (sulfide) groups is 1. The van der Waals surface area contributed by atoms with Gasteiger partial charge in [-0.2, -0.15) is 13.2 Å². The standard InChI is InChI=1S/C31H28ClF3N6OS/c32-23-8-3-6-21(18-23)20-41-26-11-2-1-10-25(26)28-29(41)36-30(38-37-28)43-17-5-12-27(42)40-15-13-39(14-16-40)24-9-4-7-22(19-24)31(33,34)35/h1-4,6-11,18-19H,5,12-17,20H2. The van der Waals surface area contributed by atoms with Crippen molar-refractivity contribution >= 4 is 57.0 Å². The third-order valence-electron chi connectivity index (χ3n) is 7.52. The number of rotatable bonds is 8. The van der Waals surface area contributed by atoms with Gasteiger partial charge in [0, 0.05) is 61.0 Å². The topological polar surface area (TPSA) is 67.2 Å². The SMILES string of the molecule is O=C(CCCSc1nnc2c3ccccc3n(Cc3cccc(Cl)c3)c2n1)N1CCN(c2cccc(C(F)(F)F)c2)CC1. The average Bonchev–Trinajstić information content (AvgIpc) is 3.31. The molecule has 7 nitrogen and oxygen atoms in total. The van der Waals surface area contributed by atoms with E-state index in [4.69, 9.17) is 16.6 Å². The zero-order valence-corrected chi connectivity index (χ0v) is 24.7. The Hall–Kier alpha value is -3.83. The summed E-state index contributed by atoms with van der Waals surface area (Å²) < 4.78 is 41.4. The first-order valence-corrected chi connectivity index (χ1v) is 15.3. The third-order valence-corrected chi connectivity index (χ3v) is 8.68. The van der Waals surface area contributed by atoms with Gasteiger partial charge in [-0.05, 0) is 48.4 Å². The number of amides is 1. The monoisotopic (exact) mass is 624 g/mol. The van der Waals surface area contributed by atoms with Gasteiger partial charge in [0.1, 0.15) is 5.52 Å². The fourth-order valence-corrected chi connectivity index (χ4v) is 6.30. The zero-order chi connectivity index (χ0) is 30.0. The maximum Gasteiger partial charge on any atom is 0.416 e. The van der Waals surface area contributed by atoms with Crippen LogP contribution in [-0.2, 0) is 17.5 Å². The molecule has 1 aliphatic heterocycles. The molecule has 3 aromatic carbocycles. The Morgan fingerprint density at radius 3 is 2.51 bits per heavy atom. The first-order chi connectivity index (χ1) is 20.8. The molecule has 6 rings (SSSR count). The van der Waals surface area contributed by atoms with Gasteiger partial charge in [-0.25, -0.2) is 4.98 Å². The van der Waals surface area contributed by atoms with E-state index < -0.39 is 11.7 Å². The van der Waals surface area contributed by atoms with Crippen molar-refractivity contribution in [1.29, 1.82) is 0 Å². The van der Waals surface area contributed by atoms with Crippen LogP contribution in [-0.4, -0.2) is 62.5 Å². The maximum atomic E-state index is 13.1. The van der Waals surface area contributed by atoms with Crippen LogP contribution in [0.3, 0.4) is 0 Å². The number of para-hydroxylation sites is 1. The molecule has 2 aromatic heterocycles. The minimum atomic E-state index is -4.38. The van der Waals surface area contributed by atoms with Crippen molar-refractivity contribution in [3.8, 4) is 0 Å². The fourth-order valence-electron chi connectivity index (χ4n) is 5.37. The van der Waals surface area contributed by atoms with Crippen LogP contribution in [0, 0.1) is 0 Å². The van der Waals surface area contributed by atoms with E-state index in [1.54, 1.807) is 11.0 Å². The number of hydrogen-bond acceptors (Lipinski definition) is 6. The summed E-state index contributed by atoms with van der Waals surface area (Å²) in [7, 11) is 0. The molecule has 0 N–H and O–H groups in total. The van der Waals surface area contributed by atoms with Crippen molar-refractivity contribution < 1.29 is 18.0 Å². The molecule has 0 bridgehead atoms. The largest absolute Gasteiger partial charge is 0.416 e. The van der Waals surface area contributed by atoms with Crippen molar-refractivity contribution in [3.05, 3.63) is 88.9 Å². The van der Waals surface area contributed by atoms with Crippen molar-refractivity contribution in [3.63, 3.8) is 0 Å². The lowest BCUT2D eigenvalue weighted by atomic mass is 10.1. The molecule has 0 unspecified atom stereocenters. The lowest BCUT2D eigenvalue weighted by Gasteiger charge is -2.36. The Kier molecular flexibility index (Phi) is 8.45. The molecule has 5 aromatic rings. The van der Waals surface area contributed by atoms with Crippen molar-refractivity contribution in [1.82, 2.24) is 24.6 Å². The molecule has 222 valence electrons. The summed E-state index contributed by atoms with van der Waals surface area (Å²) in [4.78, 5) is 21.4. The summed E-state index contributed by atoms with van der Waals surface area (Å²) in [5, 5.41) is 11.1. The maximum absolute atomic E-state index is 13.1. The van der Waals surface area contributed by atoms with Crippen molar-refractivity contribution in [2.24, 2.45) is 0 Å². The van der Waals surface area contributed by atoms with Gasteiger partial charge in [0.25, 0.3) is 0 Å². The van der Waals surface area contributed by atoms with Gasteiger partial charge in [0.05, 0.1) is 11.1 Å². The highest BCUT2D eigenvalue weighted by molar-refractivity contribution is 7.99. The van der Waals surface area contributed by atoms with Crippen LogP contribution in [0.15, 0.2) is 78.0 Å². The van der Waals surface area contributed by atoms with Crippen molar-refractivity contribution in [2.75, 3.05) is 36.8 Å². The van der Waals surface area contributed by atoms with Gasteiger partial charge >= 0.3 is 6.18 Å². The minimum Gasteiger partial charge on any atom is -0.368 e. The predicted molar refractivity (Wildman–Crippen MR) is 164 cm³/mol. The molecular formula is C31H28ClF3N6OS. The number of alkyl halides is 3. The van der Waals surface area contributed by atoms with E-state index >= 15 is 0 Å². The second-order valence-electron chi connectivity index (χ2n) is 10.4. The zero-order valence-electron chi connectivity index (χ0n) is 23.1. The Morgan fingerprint density at radius 1 is 0.930 bits per heavy atom. The fraction of sp³-hybridized carbons (Fsp3) is 0.290. The number of halogens is 4. The number of benzene rings is 3. The quantitative estimate of drug-likeness (QED) is 0.138. The molecule has 1 amide bonds. The van der Waals surface area contributed by atoms with Crippen LogP contribution in [0.1, 0.15) is 24.0 Å². The number of carbonyl (C=O) groups excluding carboxylic acids is 1. The van der Waals surface area contributed by atoms with Crippen LogP contribution in [0.5, 0.6) is 0 Å². The molecule has 0 radical (unpaired) electrons. The number of hydrogen-bond donors (Lipinski definition) is 0. The van der Waals surface area contributed by atoms with Crippen LogP contribution >= 0.6 is 23.4 Å². The molecule has 1 aliphatic rings. The summed E-state index contributed by atoms with van der Waals surface area (Å²) in [6.07, 6.45) is -3.36. The van der Waals surface area contributed by atoms with Crippen LogP contribution in [0.4, 0.5) is 18.9 Å². The first kappa shape index (κ1) is 29.3. The summed E-state index contributed by atoms with van der Waals surface area (Å²) in [6.45, 7) is 2.52. The Balaban J connectivity index is 1.05. The Morgan fingerprint density at radius 2 is 1.72 bits per heavy atom. The van der Waals surface area contributed by atoms with Gasteiger partial charge < -0.3 is 14.4 Å². The molecular weight excluding hydrogens is 597 g/mol. The molecule has 43 heavy (non-hydrogen) atoms. The molecule has 12 heteroatoms. The molecule has 0 aliphatic carbocycles. The lowest BCUT2D eigenvalue weighted by molar-refractivity contribution is -0.137. The van der Waals surface area contributed by atoms with E-state index in [2.05, 4.69) is 14.8 Å². The smallest absolute Gasteiger partial charge is 0.368 e. The van der Waals surface area contributed by atoms with E-state index in [0.29, 0.717) is 67.2 Å². The Labute approximate surface area is 255 Å². The third kappa shape index (κ3) is 6.57. The minimum absolute atomic E-state index is 0.0421. The molecule has 0 spiro atoms. The van der Waals surface area contributed by atoms with Crippen molar-refractivity contribution in [2.45, 2.75) is 30.7 Å². The van der Waals surface area contributed by atoms with Crippen LogP contribution in [0.25, 0.3) is 22.1 Å². The number of piperazine rings is 1. The van der Waals surface area contributed by atoms with Gasteiger partial charge in [0.15, 0.2) is 5.65 Å². The van der Waals surface area contributed by atoms with Crippen LogP contribution < -0.4 is 4.90 Å². The average molecular weight is 625 g/mol. The number of fused-ring (bicyclic) bond motifs is 3. The van der Waals surface area contributed by atoms with Gasteiger partial charge in [-0.1, -0.05) is 59.8 Å².